The van der Waals surface area contributed by atoms with Gasteiger partial charge in [0.25, 0.3) is 11.7 Å². The maximum atomic E-state index is 13.2. The number of benzene rings is 3. The predicted molar refractivity (Wildman–Crippen MR) is 128 cm³/mol. The molecule has 0 aromatic heterocycles. The van der Waals surface area contributed by atoms with Gasteiger partial charge in [0, 0.05) is 15.7 Å². The molecule has 32 heavy (non-hydrogen) atoms. The average Bonchev–Trinajstić information content (AvgIpc) is 3.02. The number of hydrogen-bond donors (Lipinski definition) is 2. The van der Waals surface area contributed by atoms with Crippen molar-refractivity contribution < 1.29 is 19.8 Å². The number of nitrogens with zero attached hydrogens (tertiary/aromatic N) is 1. The summed E-state index contributed by atoms with van der Waals surface area (Å²) in [5.41, 5.74) is 4.42. The van der Waals surface area contributed by atoms with Crippen LogP contribution in [0.5, 0.6) is 5.75 Å². The van der Waals surface area contributed by atoms with Gasteiger partial charge in [0.1, 0.15) is 11.5 Å². The molecule has 4 rings (SSSR count). The molecule has 3 aromatic rings. The largest absolute Gasteiger partial charge is 0.508 e. The second kappa shape index (κ2) is 8.28. The first kappa shape index (κ1) is 21.8. The van der Waals surface area contributed by atoms with Crippen molar-refractivity contribution in [1.29, 1.82) is 0 Å². The summed E-state index contributed by atoms with van der Waals surface area (Å²) in [5, 5.41) is 21.3. The van der Waals surface area contributed by atoms with Gasteiger partial charge >= 0.3 is 0 Å². The van der Waals surface area contributed by atoms with E-state index in [9.17, 15) is 19.8 Å². The maximum Gasteiger partial charge on any atom is 0.300 e. The Morgan fingerprint density at radius 2 is 1.66 bits per heavy atom. The van der Waals surface area contributed by atoms with E-state index < -0.39 is 17.7 Å². The molecule has 1 unspecified atom stereocenters. The lowest BCUT2D eigenvalue weighted by molar-refractivity contribution is -0.132. The SMILES string of the molecule is Cc1ccc(N2C(=O)C(=O)/C(=C(/O)c3ccc(Br)c(C)c3)C2c2cccc(O)c2)cc1C. The van der Waals surface area contributed by atoms with Gasteiger partial charge < -0.3 is 10.2 Å². The summed E-state index contributed by atoms with van der Waals surface area (Å²) in [6.07, 6.45) is 0. The lowest BCUT2D eigenvalue weighted by Gasteiger charge is -2.26. The molecule has 0 radical (unpaired) electrons. The number of amides is 1. The average molecular weight is 492 g/mol. The molecular formula is C26H22BrNO4. The van der Waals surface area contributed by atoms with E-state index in [0.717, 1.165) is 21.2 Å². The van der Waals surface area contributed by atoms with Gasteiger partial charge in [0.15, 0.2) is 0 Å². The van der Waals surface area contributed by atoms with E-state index in [1.807, 2.05) is 32.9 Å². The van der Waals surface area contributed by atoms with E-state index >= 15 is 0 Å². The number of aryl methyl sites for hydroxylation is 3. The zero-order chi connectivity index (χ0) is 23.2. The highest BCUT2D eigenvalue weighted by Gasteiger charge is 2.47. The van der Waals surface area contributed by atoms with Gasteiger partial charge in [-0.05, 0) is 79.4 Å². The molecular weight excluding hydrogens is 470 g/mol. The Morgan fingerprint density at radius 3 is 2.31 bits per heavy atom. The Hall–Kier alpha value is -3.38. The number of anilines is 1. The zero-order valence-electron chi connectivity index (χ0n) is 17.9. The van der Waals surface area contributed by atoms with Crippen LogP contribution in [0.3, 0.4) is 0 Å². The number of carbonyl (C=O) groups excluding carboxylic acids is 2. The first-order valence-corrected chi connectivity index (χ1v) is 10.9. The third kappa shape index (κ3) is 3.71. The van der Waals surface area contributed by atoms with Crippen molar-refractivity contribution in [3.63, 3.8) is 0 Å². The molecule has 162 valence electrons. The maximum absolute atomic E-state index is 13.2. The Labute approximate surface area is 194 Å². The summed E-state index contributed by atoms with van der Waals surface area (Å²) in [6, 6.07) is 16.3. The van der Waals surface area contributed by atoms with Crippen LogP contribution < -0.4 is 4.90 Å². The molecule has 1 atom stereocenters. The third-order valence-electron chi connectivity index (χ3n) is 5.83. The lowest BCUT2D eigenvalue weighted by Crippen LogP contribution is -2.29. The van der Waals surface area contributed by atoms with E-state index in [2.05, 4.69) is 15.9 Å². The zero-order valence-corrected chi connectivity index (χ0v) is 19.5. The van der Waals surface area contributed by atoms with Gasteiger partial charge in [-0.1, -0.05) is 40.2 Å². The summed E-state index contributed by atoms with van der Waals surface area (Å²) < 4.78 is 0.870. The first-order chi connectivity index (χ1) is 15.2. The highest BCUT2D eigenvalue weighted by Crippen LogP contribution is 2.43. The van der Waals surface area contributed by atoms with Crippen molar-refractivity contribution in [1.82, 2.24) is 0 Å². The number of Topliss-reactive ketones (excluding diaryl/α,β-unsaturated/α-hetero) is 1. The number of aromatic hydroxyl groups is 1. The van der Waals surface area contributed by atoms with Gasteiger partial charge in [-0.15, -0.1) is 0 Å². The summed E-state index contributed by atoms with van der Waals surface area (Å²) in [5.74, 6) is -1.74. The van der Waals surface area contributed by atoms with Crippen molar-refractivity contribution >= 4 is 39.1 Å². The normalized spacial score (nSPS) is 17.8. The molecule has 6 heteroatoms. The first-order valence-electron chi connectivity index (χ1n) is 10.1. The molecule has 1 heterocycles. The molecule has 2 N–H and O–H groups in total. The smallest absolute Gasteiger partial charge is 0.300 e. The summed E-state index contributed by atoms with van der Waals surface area (Å²) in [6.45, 7) is 5.78. The van der Waals surface area contributed by atoms with Gasteiger partial charge in [-0.25, -0.2) is 0 Å². The monoisotopic (exact) mass is 491 g/mol. The molecule has 5 nitrogen and oxygen atoms in total. The Bertz CT molecular complexity index is 1290. The quantitative estimate of drug-likeness (QED) is 0.279. The molecule has 1 saturated heterocycles. The predicted octanol–water partition coefficient (Wildman–Crippen LogP) is 5.71. The molecule has 1 aliphatic heterocycles. The van der Waals surface area contributed by atoms with Crippen molar-refractivity contribution in [2.24, 2.45) is 0 Å². The molecule has 1 fully saturated rings. The lowest BCUT2D eigenvalue weighted by atomic mass is 9.94. The second-order valence-corrected chi connectivity index (χ2v) is 8.85. The fourth-order valence-electron chi connectivity index (χ4n) is 3.93. The van der Waals surface area contributed by atoms with Crippen LogP contribution in [0.25, 0.3) is 5.76 Å². The van der Waals surface area contributed by atoms with Gasteiger partial charge in [-0.2, -0.15) is 0 Å². The highest BCUT2D eigenvalue weighted by atomic mass is 79.9. The van der Waals surface area contributed by atoms with E-state index in [4.69, 9.17) is 0 Å². The van der Waals surface area contributed by atoms with Crippen molar-refractivity contribution in [2.45, 2.75) is 26.8 Å². The standard InChI is InChI=1S/C26H22BrNO4/c1-14-7-9-19(12-15(14)2)28-23(17-5-4-6-20(29)13-17)22(25(31)26(28)32)24(30)18-8-10-21(27)16(3)11-18/h4-13,23,29-30H,1-3H3/b24-22+. The topological polar surface area (TPSA) is 77.8 Å². The summed E-state index contributed by atoms with van der Waals surface area (Å²) in [4.78, 5) is 27.8. The molecule has 1 aliphatic rings. The van der Waals surface area contributed by atoms with Crippen LogP contribution in [0, 0.1) is 20.8 Å². The minimum Gasteiger partial charge on any atom is -0.508 e. The van der Waals surface area contributed by atoms with E-state index in [1.165, 1.54) is 17.0 Å². The number of halogens is 1. The van der Waals surface area contributed by atoms with Crippen LogP contribution in [-0.2, 0) is 9.59 Å². The molecule has 0 aliphatic carbocycles. The van der Waals surface area contributed by atoms with Crippen LogP contribution in [-0.4, -0.2) is 21.9 Å². The summed E-state index contributed by atoms with van der Waals surface area (Å²) in [7, 11) is 0. The Balaban J connectivity index is 1.97. The number of ketones is 1. The minimum atomic E-state index is -0.881. The third-order valence-corrected chi connectivity index (χ3v) is 6.72. The number of phenols is 1. The minimum absolute atomic E-state index is 0.00709. The fourth-order valence-corrected chi connectivity index (χ4v) is 4.18. The van der Waals surface area contributed by atoms with Gasteiger partial charge in [0.2, 0.25) is 0 Å². The molecule has 0 spiro atoms. The van der Waals surface area contributed by atoms with E-state index in [0.29, 0.717) is 16.8 Å². The Morgan fingerprint density at radius 1 is 0.906 bits per heavy atom. The van der Waals surface area contributed by atoms with Crippen molar-refractivity contribution in [2.75, 3.05) is 4.90 Å². The number of aliphatic hydroxyl groups is 1. The van der Waals surface area contributed by atoms with Crippen LogP contribution >= 0.6 is 15.9 Å². The fraction of sp³-hybridized carbons (Fsp3) is 0.154. The molecule has 0 saturated carbocycles. The number of rotatable bonds is 3. The molecule has 1 amide bonds. The van der Waals surface area contributed by atoms with E-state index in [-0.39, 0.29) is 17.1 Å². The van der Waals surface area contributed by atoms with Crippen LogP contribution in [0.2, 0.25) is 0 Å². The highest BCUT2D eigenvalue weighted by molar-refractivity contribution is 9.10. The van der Waals surface area contributed by atoms with Gasteiger partial charge in [-0.3, -0.25) is 14.5 Å². The van der Waals surface area contributed by atoms with Crippen molar-refractivity contribution in [3.05, 3.63) is 98.5 Å². The number of hydrogen-bond acceptors (Lipinski definition) is 4. The van der Waals surface area contributed by atoms with Crippen molar-refractivity contribution in [3.8, 4) is 5.75 Å². The molecule has 3 aromatic carbocycles. The van der Waals surface area contributed by atoms with Crippen LogP contribution in [0.4, 0.5) is 5.69 Å². The summed E-state index contributed by atoms with van der Waals surface area (Å²) >= 11 is 3.44. The Kier molecular flexibility index (Phi) is 5.65. The number of phenolic OH excluding ortho intramolecular Hbond substituents is 1. The van der Waals surface area contributed by atoms with Crippen LogP contribution in [0.15, 0.2) is 70.7 Å². The molecule has 0 bridgehead atoms. The second-order valence-electron chi connectivity index (χ2n) is 8.00. The van der Waals surface area contributed by atoms with Gasteiger partial charge in [0.05, 0.1) is 11.6 Å². The van der Waals surface area contributed by atoms with Crippen LogP contribution in [0.1, 0.15) is 33.9 Å². The number of carbonyl (C=O) groups is 2. The number of aliphatic hydroxyl groups excluding tert-OH is 1. The van der Waals surface area contributed by atoms with E-state index in [1.54, 1.807) is 36.4 Å².